The van der Waals surface area contributed by atoms with Gasteiger partial charge in [0.05, 0.1) is 10.5 Å². The van der Waals surface area contributed by atoms with Crippen LogP contribution in [0.3, 0.4) is 0 Å². The Morgan fingerprint density at radius 1 is 1.09 bits per heavy atom. The number of rotatable bonds is 8. The van der Waals surface area contributed by atoms with Crippen LogP contribution in [0.1, 0.15) is 37.0 Å². The quantitative estimate of drug-likeness (QED) is 0.336. The minimum atomic E-state index is -0.190. The Hall–Kier alpha value is -2.97. The lowest BCUT2D eigenvalue weighted by Gasteiger charge is -2.22. The molecule has 4 rings (SSSR count). The Labute approximate surface area is 209 Å². The molecule has 6 nitrogen and oxygen atoms in total. The summed E-state index contributed by atoms with van der Waals surface area (Å²) in [4.78, 5) is 35.7. The summed E-state index contributed by atoms with van der Waals surface area (Å²) in [6.45, 7) is 7.95. The van der Waals surface area contributed by atoms with Gasteiger partial charge in [-0.05, 0) is 56.9 Å². The van der Waals surface area contributed by atoms with Gasteiger partial charge in [-0.15, -0.1) is 0 Å². The first kappa shape index (κ1) is 24.2. The van der Waals surface area contributed by atoms with E-state index in [1.54, 1.807) is 21.6 Å². The Morgan fingerprint density at radius 3 is 2.53 bits per heavy atom. The molecule has 0 aliphatic carbocycles. The maximum Gasteiger partial charge on any atom is 0.267 e. The molecule has 8 heteroatoms. The summed E-state index contributed by atoms with van der Waals surface area (Å²) in [6, 6.07) is 14.0. The van der Waals surface area contributed by atoms with Gasteiger partial charge in [0.25, 0.3) is 11.5 Å². The summed E-state index contributed by atoms with van der Waals surface area (Å²) in [7, 11) is 0. The highest BCUT2D eigenvalue weighted by atomic mass is 32.2. The Balaban J connectivity index is 1.67. The lowest BCUT2D eigenvalue weighted by molar-refractivity contribution is -0.122. The molecule has 0 spiro atoms. The highest BCUT2D eigenvalue weighted by Crippen LogP contribution is 2.33. The molecule has 2 aromatic heterocycles. The van der Waals surface area contributed by atoms with Gasteiger partial charge in [-0.2, -0.15) is 0 Å². The number of aryl methyl sites for hydroxylation is 2. The molecule has 0 atom stereocenters. The number of nitrogens with zero attached hydrogens (tertiary/aromatic N) is 4. The van der Waals surface area contributed by atoms with Crippen LogP contribution in [0, 0.1) is 6.92 Å². The summed E-state index contributed by atoms with van der Waals surface area (Å²) < 4.78 is 2.08. The van der Waals surface area contributed by atoms with Crippen molar-refractivity contribution in [2.45, 2.75) is 33.6 Å². The largest absolute Gasteiger partial charge is 0.356 e. The lowest BCUT2D eigenvalue weighted by Crippen LogP contribution is -2.30. The Bertz CT molecular complexity index is 1310. The van der Waals surface area contributed by atoms with E-state index in [0.717, 1.165) is 18.4 Å². The third kappa shape index (κ3) is 4.79. The number of thiocarbonyl (C=S) groups is 1. The van der Waals surface area contributed by atoms with Crippen LogP contribution in [0.15, 0.2) is 58.4 Å². The number of fused-ring (bicyclic) bond motifs is 1. The van der Waals surface area contributed by atoms with E-state index in [1.807, 2.05) is 56.0 Å². The smallest absolute Gasteiger partial charge is 0.267 e. The molecule has 1 aliphatic rings. The van der Waals surface area contributed by atoms with E-state index < -0.39 is 0 Å². The number of anilines is 1. The van der Waals surface area contributed by atoms with Gasteiger partial charge in [0, 0.05) is 25.8 Å². The molecule has 1 amide bonds. The van der Waals surface area contributed by atoms with E-state index in [0.29, 0.717) is 45.9 Å². The zero-order valence-electron chi connectivity index (χ0n) is 19.7. The first-order valence-corrected chi connectivity index (χ1v) is 12.7. The van der Waals surface area contributed by atoms with Gasteiger partial charge in [-0.1, -0.05) is 60.4 Å². The van der Waals surface area contributed by atoms with Gasteiger partial charge in [0.1, 0.15) is 15.8 Å². The van der Waals surface area contributed by atoms with Gasteiger partial charge >= 0.3 is 0 Å². The van der Waals surface area contributed by atoms with Gasteiger partial charge in [0.2, 0.25) is 0 Å². The standard InChI is InChI=1S/C26H28N4O2S2/c1-4-28(5-2)23-20(24(31)29-15-9-11-18(3)22(29)27-23)17-21-25(32)30(26(33)34-21)16-10-14-19-12-7-6-8-13-19/h6-9,11-13,15,17H,4-5,10,14,16H2,1-3H3/b21-17-. The number of carbonyl (C=O) groups is 1. The number of carbonyl (C=O) groups excluding carboxylic acids is 1. The maximum absolute atomic E-state index is 13.5. The first-order valence-electron chi connectivity index (χ1n) is 11.5. The van der Waals surface area contributed by atoms with E-state index in [1.165, 1.54) is 17.3 Å². The van der Waals surface area contributed by atoms with Crippen molar-refractivity contribution in [2.75, 3.05) is 24.5 Å². The maximum atomic E-state index is 13.5. The van der Waals surface area contributed by atoms with E-state index in [2.05, 4.69) is 12.1 Å². The molecule has 0 radical (unpaired) electrons. The normalized spacial score (nSPS) is 15.0. The molecule has 0 saturated carbocycles. The fourth-order valence-corrected chi connectivity index (χ4v) is 5.39. The third-order valence-electron chi connectivity index (χ3n) is 5.97. The van der Waals surface area contributed by atoms with E-state index in [9.17, 15) is 9.59 Å². The topological polar surface area (TPSA) is 57.9 Å². The van der Waals surface area contributed by atoms with Crippen molar-refractivity contribution in [1.82, 2.24) is 14.3 Å². The molecule has 3 heterocycles. The van der Waals surface area contributed by atoms with Crippen molar-refractivity contribution in [3.05, 3.63) is 80.6 Å². The molecule has 0 unspecified atom stereocenters. The van der Waals surface area contributed by atoms with E-state index in [4.69, 9.17) is 17.2 Å². The fourth-order valence-electron chi connectivity index (χ4n) is 4.10. The summed E-state index contributed by atoms with van der Waals surface area (Å²) in [5.41, 5.74) is 3.00. The molecule has 1 saturated heterocycles. The second-order valence-corrected chi connectivity index (χ2v) is 9.81. The van der Waals surface area contributed by atoms with Gasteiger partial charge in [-0.25, -0.2) is 4.98 Å². The molecule has 0 bridgehead atoms. The van der Waals surface area contributed by atoms with Crippen LogP contribution in [0.4, 0.5) is 5.82 Å². The summed E-state index contributed by atoms with van der Waals surface area (Å²) in [5, 5.41) is 0. The van der Waals surface area contributed by atoms with Crippen LogP contribution in [0.2, 0.25) is 0 Å². The minimum absolute atomic E-state index is 0.151. The van der Waals surface area contributed by atoms with Gasteiger partial charge in [-0.3, -0.25) is 18.9 Å². The SMILES string of the molecule is CCN(CC)c1nc2c(C)cccn2c(=O)c1/C=C1\SC(=S)N(CCCc2ccccc2)C1=O. The number of pyridine rings is 1. The Kier molecular flexibility index (Phi) is 7.48. The highest BCUT2D eigenvalue weighted by Gasteiger charge is 2.32. The van der Waals surface area contributed by atoms with Crippen molar-refractivity contribution in [3.63, 3.8) is 0 Å². The molecule has 0 N–H and O–H groups in total. The predicted octanol–water partition coefficient (Wildman–Crippen LogP) is 4.68. The fraction of sp³-hybridized carbons (Fsp3) is 0.308. The lowest BCUT2D eigenvalue weighted by atomic mass is 10.1. The first-order chi connectivity index (χ1) is 16.4. The summed E-state index contributed by atoms with van der Waals surface area (Å²) in [5.74, 6) is 0.445. The third-order valence-corrected chi connectivity index (χ3v) is 7.34. The average Bonchev–Trinajstić information content (AvgIpc) is 3.10. The van der Waals surface area contributed by atoms with Gasteiger partial charge in [0.15, 0.2) is 0 Å². The number of aromatic nitrogens is 2. The second kappa shape index (κ2) is 10.5. The molecule has 3 aromatic rings. The monoisotopic (exact) mass is 492 g/mol. The van der Waals surface area contributed by atoms with Gasteiger partial charge < -0.3 is 4.90 Å². The van der Waals surface area contributed by atoms with Crippen LogP contribution in [-0.4, -0.2) is 44.1 Å². The van der Waals surface area contributed by atoms with Crippen LogP contribution in [0.5, 0.6) is 0 Å². The molecule has 34 heavy (non-hydrogen) atoms. The molecule has 1 aliphatic heterocycles. The summed E-state index contributed by atoms with van der Waals surface area (Å²) in [6.07, 6.45) is 5.08. The van der Waals surface area contributed by atoms with Crippen molar-refractivity contribution in [3.8, 4) is 0 Å². The zero-order chi connectivity index (χ0) is 24.2. The van der Waals surface area contributed by atoms with E-state index >= 15 is 0 Å². The van der Waals surface area contributed by atoms with Crippen LogP contribution >= 0.6 is 24.0 Å². The van der Waals surface area contributed by atoms with Crippen LogP contribution < -0.4 is 10.5 Å². The van der Waals surface area contributed by atoms with Crippen LogP contribution in [0.25, 0.3) is 11.7 Å². The number of thioether (sulfide) groups is 1. The second-order valence-electron chi connectivity index (χ2n) is 8.13. The summed E-state index contributed by atoms with van der Waals surface area (Å²) >= 11 is 6.77. The molecule has 1 fully saturated rings. The van der Waals surface area contributed by atoms with Crippen LogP contribution in [-0.2, 0) is 11.2 Å². The zero-order valence-corrected chi connectivity index (χ0v) is 21.3. The average molecular weight is 493 g/mol. The van der Waals surface area contributed by atoms with Crippen molar-refractivity contribution >= 4 is 51.7 Å². The molecular formula is C26H28N4O2S2. The number of hydrogen-bond acceptors (Lipinski definition) is 6. The highest BCUT2D eigenvalue weighted by molar-refractivity contribution is 8.26. The number of amides is 1. The Morgan fingerprint density at radius 2 is 1.82 bits per heavy atom. The van der Waals surface area contributed by atoms with E-state index in [-0.39, 0.29) is 11.5 Å². The predicted molar refractivity (Wildman–Crippen MR) is 144 cm³/mol. The van der Waals surface area contributed by atoms with Crippen molar-refractivity contribution < 1.29 is 4.79 Å². The molecular weight excluding hydrogens is 464 g/mol. The minimum Gasteiger partial charge on any atom is -0.356 e. The molecule has 176 valence electrons. The molecule has 1 aromatic carbocycles. The van der Waals surface area contributed by atoms with Crippen molar-refractivity contribution in [2.24, 2.45) is 0 Å². The number of benzene rings is 1. The number of hydrogen-bond donors (Lipinski definition) is 0. The van der Waals surface area contributed by atoms with Crippen molar-refractivity contribution in [1.29, 1.82) is 0 Å².